The van der Waals surface area contributed by atoms with E-state index in [0.29, 0.717) is 16.5 Å². The molecule has 5 heteroatoms. The normalized spacial score (nSPS) is 12.7. The molecule has 0 spiro atoms. The molecular weight excluding hydrogens is 264 g/mol. The lowest BCUT2D eigenvalue weighted by atomic mass is 10.2. The smallest absolute Gasteiger partial charge is 0.131 e. The summed E-state index contributed by atoms with van der Waals surface area (Å²) in [7, 11) is 0. The van der Waals surface area contributed by atoms with Crippen LogP contribution in [-0.2, 0) is 0 Å². The lowest BCUT2D eigenvalue weighted by Crippen LogP contribution is -2.17. The minimum absolute atomic E-state index is 0.133. The molecule has 0 saturated heterocycles. The zero-order chi connectivity index (χ0) is 13.8. The number of aromatic nitrogens is 2. The van der Waals surface area contributed by atoms with Gasteiger partial charge < -0.3 is 9.84 Å². The maximum Gasteiger partial charge on any atom is 0.131 e. The maximum atomic E-state index is 10.2. The van der Waals surface area contributed by atoms with Crippen LogP contribution in [0, 0.1) is 0 Å². The van der Waals surface area contributed by atoms with E-state index in [1.54, 1.807) is 10.9 Å². The molecule has 1 aromatic heterocycles. The first-order valence-corrected chi connectivity index (χ1v) is 6.56. The molecule has 0 fully saturated rings. The van der Waals surface area contributed by atoms with Crippen molar-refractivity contribution in [1.82, 2.24) is 9.78 Å². The highest BCUT2D eigenvalue weighted by Crippen LogP contribution is 2.26. The highest BCUT2D eigenvalue weighted by molar-refractivity contribution is 6.31. The molecule has 1 N–H and O–H groups in total. The molecule has 1 atom stereocenters. The molecule has 1 heterocycles. The topological polar surface area (TPSA) is 47.3 Å². The van der Waals surface area contributed by atoms with Crippen molar-refractivity contribution in [3.8, 4) is 5.75 Å². The fourth-order valence-electron chi connectivity index (χ4n) is 1.84. The van der Waals surface area contributed by atoms with Gasteiger partial charge in [-0.15, -0.1) is 0 Å². The number of ether oxygens (including phenoxy) is 1. The van der Waals surface area contributed by atoms with E-state index >= 15 is 0 Å². The van der Waals surface area contributed by atoms with Gasteiger partial charge in [0.2, 0.25) is 0 Å². The van der Waals surface area contributed by atoms with Crippen LogP contribution < -0.4 is 4.74 Å². The number of aliphatic hydroxyl groups is 1. The van der Waals surface area contributed by atoms with Gasteiger partial charge in [-0.2, -0.15) is 5.10 Å². The van der Waals surface area contributed by atoms with Crippen LogP contribution in [0.4, 0.5) is 0 Å². The van der Waals surface area contributed by atoms with Crippen LogP contribution in [0.25, 0.3) is 0 Å². The molecule has 0 saturated carbocycles. The van der Waals surface area contributed by atoms with Crippen molar-refractivity contribution >= 4 is 11.6 Å². The minimum atomic E-state index is -0.808. The second kappa shape index (κ2) is 6.08. The molecule has 1 aromatic carbocycles. The Balaban J connectivity index is 2.08. The summed E-state index contributed by atoms with van der Waals surface area (Å²) in [5, 5.41) is 14.8. The Morgan fingerprint density at radius 2 is 2.00 bits per heavy atom. The summed E-state index contributed by atoms with van der Waals surface area (Å²) in [6, 6.07) is 9.49. The molecule has 4 nitrogen and oxygen atoms in total. The number of benzene rings is 1. The number of hydrogen-bond donors (Lipinski definition) is 1. The number of para-hydroxylation sites is 1. The van der Waals surface area contributed by atoms with Crippen LogP contribution in [-0.4, -0.2) is 21.5 Å². The third-order valence-electron chi connectivity index (χ3n) is 2.74. The second-order valence-corrected chi connectivity index (χ2v) is 4.96. The van der Waals surface area contributed by atoms with E-state index in [1.165, 1.54) is 0 Å². The van der Waals surface area contributed by atoms with Crippen LogP contribution >= 0.6 is 11.6 Å². The summed E-state index contributed by atoms with van der Waals surface area (Å²) in [6.45, 7) is 4.11. The SMILES string of the molecule is CC(C)n1ncc(Cl)c1C(O)COc1ccccc1. The summed E-state index contributed by atoms with van der Waals surface area (Å²) in [5.41, 5.74) is 0.590. The summed E-state index contributed by atoms with van der Waals surface area (Å²) < 4.78 is 7.24. The Hall–Kier alpha value is -1.52. The first-order valence-electron chi connectivity index (χ1n) is 6.18. The Morgan fingerprint density at radius 3 is 2.63 bits per heavy atom. The Morgan fingerprint density at radius 1 is 1.32 bits per heavy atom. The Bertz CT molecular complexity index is 525. The van der Waals surface area contributed by atoms with Crippen molar-refractivity contribution in [3.05, 3.63) is 47.2 Å². The molecule has 2 aromatic rings. The summed E-state index contributed by atoms with van der Waals surface area (Å²) in [4.78, 5) is 0. The average Bonchev–Trinajstić information content (AvgIpc) is 2.79. The Labute approximate surface area is 117 Å². The van der Waals surface area contributed by atoms with Gasteiger partial charge >= 0.3 is 0 Å². The van der Waals surface area contributed by atoms with Crippen molar-refractivity contribution in [3.63, 3.8) is 0 Å². The zero-order valence-corrected chi connectivity index (χ0v) is 11.7. The number of hydrogen-bond acceptors (Lipinski definition) is 3. The lowest BCUT2D eigenvalue weighted by Gasteiger charge is -2.17. The van der Waals surface area contributed by atoms with Crippen LogP contribution in [0.1, 0.15) is 31.7 Å². The van der Waals surface area contributed by atoms with Gasteiger partial charge in [0.25, 0.3) is 0 Å². The molecule has 2 rings (SSSR count). The molecule has 1 unspecified atom stereocenters. The predicted molar refractivity (Wildman–Crippen MR) is 74.5 cm³/mol. The summed E-state index contributed by atoms with van der Waals surface area (Å²) in [6.07, 6.45) is 0.736. The molecule has 19 heavy (non-hydrogen) atoms. The first-order chi connectivity index (χ1) is 9.09. The lowest BCUT2D eigenvalue weighted by molar-refractivity contribution is 0.0990. The van der Waals surface area contributed by atoms with Gasteiger partial charge in [-0.25, -0.2) is 0 Å². The molecule has 0 radical (unpaired) electrons. The van der Waals surface area contributed by atoms with Crippen LogP contribution in [0.2, 0.25) is 5.02 Å². The largest absolute Gasteiger partial charge is 0.490 e. The first kappa shape index (κ1) is 13.9. The molecule has 0 aliphatic heterocycles. The molecule has 0 bridgehead atoms. The van der Waals surface area contributed by atoms with E-state index in [2.05, 4.69) is 5.10 Å². The predicted octanol–water partition coefficient (Wildman–Crippen LogP) is 3.23. The average molecular weight is 281 g/mol. The standard InChI is InChI=1S/C14H17ClN2O2/c1-10(2)17-14(12(15)8-16-17)13(18)9-19-11-6-4-3-5-7-11/h3-8,10,13,18H,9H2,1-2H3. The third-order valence-corrected chi connectivity index (χ3v) is 3.03. The number of nitrogens with zero attached hydrogens (tertiary/aromatic N) is 2. The van der Waals surface area contributed by atoms with Gasteiger partial charge in [-0.3, -0.25) is 4.68 Å². The number of halogens is 1. The van der Waals surface area contributed by atoms with E-state index in [1.807, 2.05) is 44.2 Å². The highest BCUT2D eigenvalue weighted by atomic mass is 35.5. The van der Waals surface area contributed by atoms with Crippen LogP contribution in [0.15, 0.2) is 36.5 Å². The third kappa shape index (κ3) is 3.28. The van der Waals surface area contributed by atoms with Gasteiger partial charge in [0.1, 0.15) is 18.5 Å². The monoisotopic (exact) mass is 280 g/mol. The maximum absolute atomic E-state index is 10.2. The molecule has 0 aliphatic carbocycles. The summed E-state index contributed by atoms with van der Waals surface area (Å²) >= 11 is 6.07. The van der Waals surface area contributed by atoms with Crippen LogP contribution in [0.5, 0.6) is 5.75 Å². The van der Waals surface area contributed by atoms with Crippen molar-refractivity contribution in [2.45, 2.75) is 26.0 Å². The van der Waals surface area contributed by atoms with Crippen molar-refractivity contribution in [1.29, 1.82) is 0 Å². The number of rotatable bonds is 5. The molecule has 102 valence electrons. The van der Waals surface area contributed by atoms with E-state index in [4.69, 9.17) is 16.3 Å². The van der Waals surface area contributed by atoms with E-state index in [-0.39, 0.29) is 12.6 Å². The van der Waals surface area contributed by atoms with Gasteiger partial charge in [-0.1, -0.05) is 29.8 Å². The number of aliphatic hydroxyl groups excluding tert-OH is 1. The van der Waals surface area contributed by atoms with Gasteiger partial charge in [0, 0.05) is 6.04 Å². The van der Waals surface area contributed by atoms with Crippen LogP contribution in [0.3, 0.4) is 0 Å². The quantitative estimate of drug-likeness (QED) is 0.915. The van der Waals surface area contributed by atoms with Gasteiger partial charge in [0.05, 0.1) is 16.9 Å². The minimum Gasteiger partial charge on any atom is -0.490 e. The van der Waals surface area contributed by atoms with E-state index < -0.39 is 6.10 Å². The van der Waals surface area contributed by atoms with Crippen molar-refractivity contribution < 1.29 is 9.84 Å². The van der Waals surface area contributed by atoms with Crippen molar-refractivity contribution in [2.24, 2.45) is 0 Å². The highest BCUT2D eigenvalue weighted by Gasteiger charge is 2.20. The second-order valence-electron chi connectivity index (χ2n) is 4.56. The fraction of sp³-hybridized carbons (Fsp3) is 0.357. The van der Waals surface area contributed by atoms with Gasteiger partial charge in [-0.05, 0) is 26.0 Å². The zero-order valence-electron chi connectivity index (χ0n) is 11.0. The van der Waals surface area contributed by atoms with E-state index in [9.17, 15) is 5.11 Å². The molecule has 0 aliphatic rings. The van der Waals surface area contributed by atoms with E-state index in [0.717, 1.165) is 0 Å². The molecule has 0 amide bonds. The van der Waals surface area contributed by atoms with Gasteiger partial charge in [0.15, 0.2) is 0 Å². The molecular formula is C14H17ClN2O2. The fourth-order valence-corrected chi connectivity index (χ4v) is 2.10. The Kier molecular flexibility index (Phi) is 4.45. The van der Waals surface area contributed by atoms with Crippen molar-refractivity contribution in [2.75, 3.05) is 6.61 Å². The summed E-state index contributed by atoms with van der Waals surface area (Å²) in [5.74, 6) is 0.716.